The van der Waals surface area contributed by atoms with Gasteiger partial charge in [0.1, 0.15) is 12.1 Å². The summed E-state index contributed by atoms with van der Waals surface area (Å²) in [5.41, 5.74) is 1.22. The van der Waals surface area contributed by atoms with E-state index in [0.717, 1.165) is 5.82 Å². The van der Waals surface area contributed by atoms with Gasteiger partial charge in [-0.2, -0.15) is 0 Å². The average molecular weight is 271 g/mol. The van der Waals surface area contributed by atoms with Gasteiger partial charge in [0.2, 0.25) is 5.88 Å². The first-order valence-electron chi connectivity index (χ1n) is 6.91. The van der Waals surface area contributed by atoms with E-state index in [1.54, 1.807) is 0 Å². The molecule has 4 heteroatoms. The Hall–Kier alpha value is -2.10. The first-order valence-corrected chi connectivity index (χ1v) is 6.91. The van der Waals surface area contributed by atoms with Gasteiger partial charge < -0.3 is 10.1 Å². The molecule has 2 aromatic rings. The predicted octanol–water partition coefficient (Wildman–Crippen LogP) is 3.68. The van der Waals surface area contributed by atoms with E-state index in [0.29, 0.717) is 18.4 Å². The van der Waals surface area contributed by atoms with Crippen molar-refractivity contribution in [2.24, 2.45) is 5.92 Å². The maximum atomic E-state index is 5.60. The monoisotopic (exact) mass is 271 g/mol. The van der Waals surface area contributed by atoms with Crippen molar-refractivity contribution in [2.75, 3.05) is 11.9 Å². The second-order valence-corrected chi connectivity index (χ2v) is 5.22. The summed E-state index contributed by atoms with van der Waals surface area (Å²) in [5, 5.41) is 3.36. The number of hydrogen-bond donors (Lipinski definition) is 1. The fourth-order valence-corrected chi connectivity index (χ4v) is 1.80. The highest BCUT2D eigenvalue weighted by Gasteiger charge is 2.07. The van der Waals surface area contributed by atoms with Crippen LogP contribution in [0.2, 0.25) is 0 Å². The zero-order valence-electron chi connectivity index (χ0n) is 12.2. The predicted molar refractivity (Wildman–Crippen MR) is 80.8 cm³/mol. The summed E-state index contributed by atoms with van der Waals surface area (Å²) in [7, 11) is 0. The molecule has 20 heavy (non-hydrogen) atoms. The van der Waals surface area contributed by atoms with E-state index < -0.39 is 0 Å². The average Bonchev–Trinajstić information content (AvgIpc) is 2.46. The van der Waals surface area contributed by atoms with E-state index >= 15 is 0 Å². The number of nitrogens with zero attached hydrogens (tertiary/aromatic N) is 2. The molecular formula is C16H21N3O. The van der Waals surface area contributed by atoms with Gasteiger partial charge in [0.05, 0.1) is 6.61 Å². The number of benzene rings is 1. The van der Waals surface area contributed by atoms with Gasteiger partial charge in [0.25, 0.3) is 0 Å². The molecule has 0 saturated heterocycles. The molecular weight excluding hydrogens is 250 g/mol. The van der Waals surface area contributed by atoms with Gasteiger partial charge in [0.15, 0.2) is 0 Å². The molecule has 1 atom stereocenters. The summed E-state index contributed by atoms with van der Waals surface area (Å²) in [6, 6.07) is 12.3. The van der Waals surface area contributed by atoms with Crippen LogP contribution in [0.5, 0.6) is 5.88 Å². The Labute approximate surface area is 120 Å². The Morgan fingerprint density at radius 3 is 2.55 bits per heavy atom. The molecule has 2 rings (SSSR count). The van der Waals surface area contributed by atoms with Crippen molar-refractivity contribution in [3.8, 4) is 5.88 Å². The van der Waals surface area contributed by atoms with Crippen molar-refractivity contribution in [3.63, 3.8) is 0 Å². The normalized spacial score (nSPS) is 12.2. The Bertz CT molecular complexity index is 528. The van der Waals surface area contributed by atoms with Gasteiger partial charge in [-0.1, -0.05) is 44.2 Å². The van der Waals surface area contributed by atoms with Crippen LogP contribution in [0.15, 0.2) is 42.7 Å². The van der Waals surface area contributed by atoms with Gasteiger partial charge in [0, 0.05) is 12.1 Å². The van der Waals surface area contributed by atoms with Crippen LogP contribution in [0.4, 0.5) is 5.82 Å². The lowest BCUT2D eigenvalue weighted by Gasteiger charge is -2.15. The Kier molecular flexibility index (Phi) is 4.93. The molecule has 0 radical (unpaired) electrons. The maximum Gasteiger partial charge on any atom is 0.218 e. The van der Waals surface area contributed by atoms with E-state index in [1.807, 2.05) is 24.3 Å². The highest BCUT2D eigenvalue weighted by atomic mass is 16.5. The second-order valence-electron chi connectivity index (χ2n) is 5.22. The molecule has 1 heterocycles. The Morgan fingerprint density at radius 2 is 1.85 bits per heavy atom. The highest BCUT2D eigenvalue weighted by molar-refractivity contribution is 5.40. The van der Waals surface area contributed by atoms with Crippen LogP contribution in [-0.2, 0) is 0 Å². The van der Waals surface area contributed by atoms with Gasteiger partial charge in [-0.15, -0.1) is 0 Å². The summed E-state index contributed by atoms with van der Waals surface area (Å²) >= 11 is 0. The number of aromatic nitrogens is 2. The van der Waals surface area contributed by atoms with Crippen molar-refractivity contribution < 1.29 is 4.74 Å². The smallest absolute Gasteiger partial charge is 0.218 e. The molecule has 1 aromatic heterocycles. The molecule has 0 fully saturated rings. The minimum Gasteiger partial charge on any atom is -0.477 e. The summed E-state index contributed by atoms with van der Waals surface area (Å²) in [6.07, 6.45) is 1.52. The summed E-state index contributed by atoms with van der Waals surface area (Å²) < 4.78 is 5.60. The first-order chi connectivity index (χ1) is 9.65. The second kappa shape index (κ2) is 6.89. The third-order valence-electron chi connectivity index (χ3n) is 2.87. The molecule has 1 aromatic carbocycles. The minimum atomic E-state index is 0.184. The minimum absolute atomic E-state index is 0.184. The van der Waals surface area contributed by atoms with Crippen molar-refractivity contribution in [1.82, 2.24) is 9.97 Å². The van der Waals surface area contributed by atoms with Crippen LogP contribution >= 0.6 is 0 Å². The van der Waals surface area contributed by atoms with Crippen LogP contribution in [-0.4, -0.2) is 16.6 Å². The van der Waals surface area contributed by atoms with Gasteiger partial charge in [-0.3, -0.25) is 0 Å². The zero-order chi connectivity index (χ0) is 14.4. The van der Waals surface area contributed by atoms with E-state index in [-0.39, 0.29) is 6.04 Å². The molecule has 0 bridgehead atoms. The van der Waals surface area contributed by atoms with Crippen molar-refractivity contribution in [2.45, 2.75) is 26.8 Å². The van der Waals surface area contributed by atoms with Gasteiger partial charge in [-0.25, -0.2) is 9.97 Å². The van der Waals surface area contributed by atoms with E-state index in [1.165, 1.54) is 11.9 Å². The summed E-state index contributed by atoms with van der Waals surface area (Å²) in [5.74, 6) is 1.86. The molecule has 4 nitrogen and oxygen atoms in total. The molecule has 1 unspecified atom stereocenters. The molecule has 0 aliphatic carbocycles. The molecule has 0 amide bonds. The molecule has 0 aliphatic heterocycles. The fourth-order valence-electron chi connectivity index (χ4n) is 1.80. The summed E-state index contributed by atoms with van der Waals surface area (Å²) in [6.45, 7) is 6.98. The lowest BCUT2D eigenvalue weighted by atomic mass is 10.1. The quantitative estimate of drug-likeness (QED) is 0.870. The number of ether oxygens (including phenoxy) is 1. The van der Waals surface area contributed by atoms with Gasteiger partial charge in [-0.05, 0) is 18.4 Å². The van der Waals surface area contributed by atoms with Gasteiger partial charge >= 0.3 is 0 Å². The molecule has 106 valence electrons. The standard InChI is InChI=1S/C16H21N3O/c1-12(2)10-20-16-9-15(17-11-18-16)19-13(3)14-7-5-4-6-8-14/h4-9,11-13H,10H2,1-3H3,(H,17,18,19). The molecule has 0 spiro atoms. The van der Waals surface area contributed by atoms with Crippen LogP contribution in [0, 0.1) is 5.92 Å². The third kappa shape index (κ3) is 4.23. The number of nitrogens with one attached hydrogen (secondary N) is 1. The van der Waals surface area contributed by atoms with E-state index in [4.69, 9.17) is 4.74 Å². The van der Waals surface area contributed by atoms with Crippen LogP contribution < -0.4 is 10.1 Å². The Balaban J connectivity index is 2.00. The lowest BCUT2D eigenvalue weighted by molar-refractivity contribution is 0.261. The number of rotatable bonds is 6. The fraction of sp³-hybridized carbons (Fsp3) is 0.375. The van der Waals surface area contributed by atoms with Crippen LogP contribution in [0.3, 0.4) is 0 Å². The molecule has 1 N–H and O–H groups in total. The zero-order valence-corrected chi connectivity index (χ0v) is 12.2. The molecule has 0 aliphatic rings. The largest absolute Gasteiger partial charge is 0.477 e. The van der Waals surface area contributed by atoms with Crippen LogP contribution in [0.25, 0.3) is 0 Å². The highest BCUT2D eigenvalue weighted by Crippen LogP contribution is 2.19. The van der Waals surface area contributed by atoms with Crippen molar-refractivity contribution >= 4 is 5.82 Å². The third-order valence-corrected chi connectivity index (χ3v) is 2.87. The Morgan fingerprint density at radius 1 is 1.10 bits per heavy atom. The SMILES string of the molecule is CC(C)COc1cc(NC(C)c2ccccc2)ncn1. The van der Waals surface area contributed by atoms with Crippen molar-refractivity contribution in [3.05, 3.63) is 48.3 Å². The van der Waals surface area contributed by atoms with Crippen molar-refractivity contribution in [1.29, 1.82) is 0 Å². The van der Waals surface area contributed by atoms with E-state index in [2.05, 4.69) is 48.2 Å². The summed E-state index contributed by atoms with van der Waals surface area (Å²) in [4.78, 5) is 8.35. The lowest BCUT2D eigenvalue weighted by Crippen LogP contribution is -2.09. The first kappa shape index (κ1) is 14.3. The number of hydrogen-bond acceptors (Lipinski definition) is 4. The maximum absolute atomic E-state index is 5.60. The molecule has 0 saturated carbocycles. The topological polar surface area (TPSA) is 47.0 Å². The van der Waals surface area contributed by atoms with E-state index in [9.17, 15) is 0 Å². The number of anilines is 1. The van der Waals surface area contributed by atoms with Crippen LogP contribution in [0.1, 0.15) is 32.4 Å².